The molecule has 18 heteroatoms. The number of hydrogen-bond acceptors (Lipinski definition) is 14. The number of hydrogen-bond donors (Lipinski definition) is 4. The van der Waals surface area contributed by atoms with E-state index in [4.69, 9.17) is 32.3 Å². The predicted octanol–water partition coefficient (Wildman–Crippen LogP) is 27.2. The van der Waals surface area contributed by atoms with Gasteiger partial charge in [0.05, 0.1) is 26.4 Å². The molecule has 0 radical (unpaired) electrons. The highest BCUT2D eigenvalue weighted by atomic mass is 31.2. The average Bonchev–Trinajstić information content (AvgIpc) is 0.901. The molecule has 0 aromatic rings. The van der Waals surface area contributed by atoms with Gasteiger partial charge in [-0.2, -0.15) is 0 Å². The summed E-state index contributed by atoms with van der Waals surface area (Å²) in [4.78, 5) is 58.9. The molecule has 0 saturated carbocycles. The van der Waals surface area contributed by atoms with Gasteiger partial charge < -0.3 is 34.2 Å². The average molecular weight is 1640 g/mol. The fraction of sp³-hybridized carbons (Fsp3) is 0.619. The van der Waals surface area contributed by atoms with E-state index < -0.39 is 91.5 Å². The van der Waals surface area contributed by atoms with E-state index in [-0.39, 0.29) is 19.3 Å². The van der Waals surface area contributed by atoms with Gasteiger partial charge in [-0.05, 0) is 167 Å². The summed E-state index contributed by atoms with van der Waals surface area (Å²) in [6, 6.07) is 0. The van der Waals surface area contributed by atoms with Crippen LogP contribution in [-0.2, 0) is 55.8 Å². The highest BCUT2D eigenvalue weighted by Crippen LogP contribution is 2.45. The number of rotatable bonds is 82. The molecule has 4 N–H and O–H groups in total. The van der Waals surface area contributed by atoms with Crippen LogP contribution in [0.2, 0.25) is 0 Å². The van der Waals surface area contributed by atoms with Crippen LogP contribution in [-0.4, -0.2) is 95.9 Å². The van der Waals surface area contributed by atoms with Gasteiger partial charge in [0, 0.05) is 19.3 Å². The van der Waals surface area contributed by atoms with Crippen molar-refractivity contribution in [2.24, 2.45) is 0 Å². The normalized spacial score (nSPS) is 14.8. The second kappa shape index (κ2) is 87.4. The van der Waals surface area contributed by atoms with Crippen molar-refractivity contribution < 1.29 is 75.8 Å². The van der Waals surface area contributed by atoms with Crippen LogP contribution < -0.4 is 0 Å². The summed E-state index contributed by atoms with van der Waals surface area (Å²) in [5.74, 6) is -1.64. The number of ether oxygens (including phenoxy) is 3. The standard InChI is InChI=1S/C97H158O16P2/c1-4-7-10-13-16-19-22-25-28-31-34-37-39-41-43-45-47-49-51-54-56-59-62-65-68-71-74-77-80-83-95(100)107-86-92(98)87-109-114(103,104)110-88-93(99)89-111-115(105,106)112-91-94(113-97(102)85-82-79-76-73-70-67-64-61-58-53-36-33-30-27-24-21-18-15-12-9-6-3)90-108-96(101)84-81-78-75-72-69-66-63-60-57-55-52-50-48-46-44-42-40-38-35-32-29-26-23-20-17-14-11-8-5-2/h7-12,16-21,25-30,34-38,41-44,47,49,53,61,64,70,73,92-94,98-99H,4-6,13-15,22-24,31-33,39-40,45-46,48,50-52,54-60,62-63,65-69,71-72,74-91H2,1-3H3,(H,103,104)(H,105,106)/b10-7-,11-8-,12-9-,19-16-,20-17-,21-18-,28-25-,29-26-,30-27-,37-34-,38-35-,43-41-,44-42-,49-47-,53-36-,64-61-,73-70-. The summed E-state index contributed by atoms with van der Waals surface area (Å²) < 4.78 is 61.4. The first kappa shape index (κ1) is 109. The molecule has 0 spiro atoms. The maximum absolute atomic E-state index is 13.0. The van der Waals surface area contributed by atoms with Gasteiger partial charge in [-0.1, -0.05) is 349 Å². The predicted molar refractivity (Wildman–Crippen MR) is 481 cm³/mol. The molecule has 0 fully saturated rings. The molecule has 652 valence electrons. The molecule has 0 heterocycles. The molecule has 115 heavy (non-hydrogen) atoms. The lowest BCUT2D eigenvalue weighted by Crippen LogP contribution is -2.30. The van der Waals surface area contributed by atoms with Gasteiger partial charge in [0.15, 0.2) is 6.10 Å². The van der Waals surface area contributed by atoms with Gasteiger partial charge in [-0.25, -0.2) is 9.13 Å². The number of unbranched alkanes of at least 4 members (excludes halogenated alkanes) is 25. The summed E-state index contributed by atoms with van der Waals surface area (Å²) in [5.41, 5.74) is 0. The van der Waals surface area contributed by atoms with Crippen LogP contribution in [0.3, 0.4) is 0 Å². The van der Waals surface area contributed by atoms with Crippen LogP contribution in [0.15, 0.2) is 207 Å². The molecule has 0 aliphatic carbocycles. The van der Waals surface area contributed by atoms with E-state index in [2.05, 4.69) is 227 Å². The molecule has 0 aromatic heterocycles. The van der Waals surface area contributed by atoms with Gasteiger partial charge in [0.2, 0.25) is 0 Å². The van der Waals surface area contributed by atoms with Crippen molar-refractivity contribution in [1.29, 1.82) is 0 Å². The Kier molecular flexibility index (Phi) is 83.0. The molecule has 0 saturated heterocycles. The molecular weight excluding hydrogens is 1480 g/mol. The monoisotopic (exact) mass is 1640 g/mol. The Morgan fingerprint density at radius 2 is 0.435 bits per heavy atom. The molecule has 0 amide bonds. The van der Waals surface area contributed by atoms with Crippen molar-refractivity contribution in [3.8, 4) is 0 Å². The smallest absolute Gasteiger partial charge is 0.463 e. The highest BCUT2D eigenvalue weighted by molar-refractivity contribution is 7.47. The number of aliphatic hydroxyl groups is 2. The number of carbonyl (C=O) groups is 3. The van der Waals surface area contributed by atoms with Crippen LogP contribution in [0.25, 0.3) is 0 Å². The molecule has 16 nitrogen and oxygen atoms in total. The second-order valence-electron chi connectivity index (χ2n) is 28.9. The van der Waals surface area contributed by atoms with Crippen molar-refractivity contribution >= 4 is 33.6 Å². The van der Waals surface area contributed by atoms with Gasteiger partial charge in [-0.3, -0.25) is 32.5 Å². The molecular formula is C97H158O16P2. The molecule has 0 rings (SSSR count). The van der Waals surface area contributed by atoms with Crippen LogP contribution >= 0.6 is 15.6 Å². The summed E-state index contributed by atoms with van der Waals surface area (Å²) in [5, 5.41) is 20.7. The lowest BCUT2D eigenvalue weighted by molar-refractivity contribution is -0.161. The maximum atomic E-state index is 13.0. The molecule has 0 aromatic carbocycles. The van der Waals surface area contributed by atoms with Gasteiger partial charge in [0.25, 0.3) is 0 Å². The van der Waals surface area contributed by atoms with Crippen molar-refractivity contribution in [1.82, 2.24) is 0 Å². The summed E-state index contributed by atoms with van der Waals surface area (Å²) >= 11 is 0. The fourth-order valence-corrected chi connectivity index (χ4v) is 13.0. The van der Waals surface area contributed by atoms with Crippen molar-refractivity contribution in [3.05, 3.63) is 207 Å². The van der Waals surface area contributed by atoms with E-state index in [0.717, 1.165) is 180 Å². The molecule has 5 atom stereocenters. The summed E-state index contributed by atoms with van der Waals surface area (Å²) in [6.45, 7) is 2.29. The van der Waals surface area contributed by atoms with Crippen molar-refractivity contribution in [2.75, 3.05) is 39.6 Å². The number of carbonyl (C=O) groups excluding carboxylic acids is 3. The minimum absolute atomic E-state index is 0.0423. The first-order valence-electron chi connectivity index (χ1n) is 44.4. The minimum atomic E-state index is -4.96. The first-order chi connectivity index (χ1) is 56.2. The van der Waals surface area contributed by atoms with Crippen molar-refractivity contribution in [2.45, 2.75) is 347 Å². The topological polar surface area (TPSA) is 231 Å². The number of esters is 3. The van der Waals surface area contributed by atoms with Gasteiger partial charge in [-0.15, -0.1) is 0 Å². The molecule has 5 unspecified atom stereocenters. The van der Waals surface area contributed by atoms with Gasteiger partial charge in [0.1, 0.15) is 25.4 Å². The van der Waals surface area contributed by atoms with Crippen LogP contribution in [0, 0.1) is 0 Å². The Bertz CT molecular complexity index is 2920. The van der Waals surface area contributed by atoms with Crippen LogP contribution in [0.4, 0.5) is 0 Å². The lowest BCUT2D eigenvalue weighted by Gasteiger charge is -2.21. The Morgan fingerprint density at radius 3 is 0.704 bits per heavy atom. The van der Waals surface area contributed by atoms with E-state index in [1.807, 2.05) is 0 Å². The molecule has 0 aliphatic rings. The van der Waals surface area contributed by atoms with Crippen molar-refractivity contribution in [3.63, 3.8) is 0 Å². The fourth-order valence-electron chi connectivity index (χ4n) is 11.4. The quantitative estimate of drug-likeness (QED) is 0.0146. The van der Waals surface area contributed by atoms with E-state index in [1.54, 1.807) is 0 Å². The third-order valence-corrected chi connectivity index (χ3v) is 19.9. The third kappa shape index (κ3) is 88.8. The third-order valence-electron chi connectivity index (χ3n) is 18.0. The SMILES string of the molecule is CC/C=C\C/C=C\C/C=C\C/C=C\C/C=C\C/C=C\CCCCCCCCCCCCC(=O)OCC(O)COP(=O)(O)OCC(O)COP(=O)(O)OCC(COC(=O)CCCCCCCCCCCCCCC/C=C\C/C=C\C/C=C\C/C=C\C/C=C\CC)OC(=O)CCCC/C=C\C/C=C\C/C=C\C/C=C\C/C=C\C/C=C\CC. The Hall–Kier alpha value is -5.87. The summed E-state index contributed by atoms with van der Waals surface area (Å²) in [6.07, 6.45) is 117. The second-order valence-corrected chi connectivity index (χ2v) is 31.8. The van der Waals surface area contributed by atoms with E-state index >= 15 is 0 Å². The van der Waals surface area contributed by atoms with E-state index in [1.165, 1.54) is 83.5 Å². The Labute approximate surface area is 699 Å². The number of allylic oxidation sites excluding steroid dienone is 34. The maximum Gasteiger partial charge on any atom is 0.472 e. The molecule has 0 aliphatic heterocycles. The zero-order chi connectivity index (χ0) is 83.6. The minimum Gasteiger partial charge on any atom is -0.463 e. The Balaban J connectivity index is 4.68. The Morgan fingerprint density at radius 1 is 0.243 bits per heavy atom. The van der Waals surface area contributed by atoms with E-state index in [9.17, 15) is 43.5 Å². The van der Waals surface area contributed by atoms with Crippen LogP contribution in [0.5, 0.6) is 0 Å². The number of phosphoric ester groups is 2. The van der Waals surface area contributed by atoms with E-state index in [0.29, 0.717) is 25.7 Å². The van der Waals surface area contributed by atoms with Gasteiger partial charge >= 0.3 is 33.6 Å². The number of phosphoric acid groups is 2. The first-order valence-corrected chi connectivity index (χ1v) is 47.4. The number of aliphatic hydroxyl groups excluding tert-OH is 2. The van der Waals surface area contributed by atoms with Crippen LogP contribution in [0.1, 0.15) is 329 Å². The lowest BCUT2D eigenvalue weighted by atomic mass is 10.0. The zero-order valence-electron chi connectivity index (χ0n) is 71.6. The molecule has 0 bridgehead atoms. The largest absolute Gasteiger partial charge is 0.472 e. The summed E-state index contributed by atoms with van der Waals surface area (Å²) in [7, 11) is -9.84. The highest BCUT2D eigenvalue weighted by Gasteiger charge is 2.29. The zero-order valence-corrected chi connectivity index (χ0v) is 73.4.